The molecule has 2 rings (SSSR count). The van der Waals surface area contributed by atoms with E-state index in [2.05, 4.69) is 26.6 Å². The number of hydrogen-bond donors (Lipinski definition) is 0. The van der Waals surface area contributed by atoms with Gasteiger partial charge in [-0.3, -0.25) is 0 Å². The van der Waals surface area contributed by atoms with Gasteiger partial charge in [0.05, 0.1) is 0 Å². The summed E-state index contributed by atoms with van der Waals surface area (Å²) in [4.78, 5) is 0. The van der Waals surface area contributed by atoms with E-state index in [1.54, 1.807) is 0 Å². The first-order chi connectivity index (χ1) is 9.00. The van der Waals surface area contributed by atoms with Gasteiger partial charge in [-0.15, -0.1) is 0 Å². The third kappa shape index (κ3) is 53.9. The van der Waals surface area contributed by atoms with Crippen molar-refractivity contribution in [3.63, 3.8) is 0 Å². The van der Waals surface area contributed by atoms with Crippen molar-refractivity contribution in [2.45, 2.75) is 0 Å². The predicted molar refractivity (Wildman–Crippen MR) is 59.8 cm³/mol. The fourth-order valence-electron chi connectivity index (χ4n) is 0.642. The van der Waals surface area contributed by atoms with Crippen LogP contribution in [-0.4, -0.2) is 0 Å². The van der Waals surface area contributed by atoms with E-state index in [1.165, 1.54) is 0 Å². The van der Waals surface area contributed by atoms with E-state index >= 15 is 0 Å². The normalized spacial score (nSPS) is 4.40. The van der Waals surface area contributed by atoms with Crippen LogP contribution in [0.4, 0.5) is 0 Å². The molecule has 4 nitrogen and oxygen atoms in total. The molecule has 0 spiro atoms. The first kappa shape index (κ1) is 36.4. The molecule has 0 aromatic heterocycles. The molecule has 2 aromatic rings. The second kappa shape index (κ2) is 64.5. The van der Waals surface area contributed by atoms with Gasteiger partial charge in [0.2, 0.25) is 0 Å². The zero-order chi connectivity index (χ0) is 15.1. The first-order valence-electron chi connectivity index (χ1n) is 4.15. The summed E-state index contributed by atoms with van der Waals surface area (Å²) >= 11 is 0. The molecule has 2 aromatic carbocycles. The van der Waals surface area contributed by atoms with E-state index in [9.17, 15) is 0 Å². The molecule has 0 amide bonds. The zero-order valence-corrected chi connectivity index (χ0v) is 13.6. The summed E-state index contributed by atoms with van der Waals surface area (Å²) in [5, 5.41) is 0. The summed E-state index contributed by atoms with van der Waals surface area (Å²) < 4.78 is 30.0. The Morgan fingerprint density at radius 2 is 0.600 bits per heavy atom. The molecule has 0 unspecified atom stereocenters. The summed E-state index contributed by atoms with van der Waals surface area (Å²) in [7, 11) is 0. The molecule has 0 aliphatic carbocycles. The third-order valence-corrected chi connectivity index (χ3v) is 1.11. The standard InChI is InChI=1S/2C5H5.4CO.2Ru/c2*1-2-4-5-3-1;4*1-2;;/h2*1-5H;;;;;;/q2*-1;;;;;2*+1. The molecular weight excluding hydrogens is 434 g/mol. The van der Waals surface area contributed by atoms with Crippen LogP contribution in [0.25, 0.3) is 0 Å². The van der Waals surface area contributed by atoms with Crippen molar-refractivity contribution in [3.05, 3.63) is 87.3 Å². The van der Waals surface area contributed by atoms with Gasteiger partial charge in [-0.1, -0.05) is 0 Å². The molecule has 6 heteroatoms. The maximum Gasteiger partial charge on any atom is 1.00 e. The Bertz CT molecular complexity index is 274. The Morgan fingerprint density at radius 3 is 0.650 bits per heavy atom. The van der Waals surface area contributed by atoms with Gasteiger partial charge in [0.25, 0.3) is 0 Å². The fourth-order valence-corrected chi connectivity index (χ4v) is 0.642. The predicted octanol–water partition coefficient (Wildman–Crippen LogP) is 2.66. The molecule has 2 radical (unpaired) electrons. The second-order valence-corrected chi connectivity index (χ2v) is 1.92. The van der Waals surface area contributed by atoms with Gasteiger partial charge in [0.15, 0.2) is 0 Å². The number of hydrogen-bond acceptors (Lipinski definition) is 0. The summed E-state index contributed by atoms with van der Waals surface area (Å²) in [6.07, 6.45) is 0. The van der Waals surface area contributed by atoms with Gasteiger partial charge in [-0.2, -0.15) is 36.4 Å². The van der Waals surface area contributed by atoms with E-state index in [0.29, 0.717) is 0 Å². The number of rotatable bonds is 0. The minimum Gasteiger partial charge on any atom is -0.214 e. The molecule has 106 valence electrons. The van der Waals surface area contributed by atoms with E-state index in [4.69, 9.17) is 18.6 Å². The summed E-state index contributed by atoms with van der Waals surface area (Å²) in [6.45, 7) is 18.0. The van der Waals surface area contributed by atoms with Crippen molar-refractivity contribution in [1.29, 1.82) is 0 Å². The third-order valence-electron chi connectivity index (χ3n) is 1.11. The van der Waals surface area contributed by atoms with Gasteiger partial charge >= 0.3 is 84.2 Å². The minimum absolute atomic E-state index is 0. The Balaban J connectivity index is -0.0000000311. The molecule has 0 fully saturated rings. The minimum atomic E-state index is 0. The average molecular weight is 444 g/mol. The molecule has 20 heavy (non-hydrogen) atoms. The molecule has 0 saturated carbocycles. The summed E-state index contributed by atoms with van der Waals surface area (Å²) in [5.41, 5.74) is 0. The molecule has 0 aliphatic rings. The van der Waals surface area contributed by atoms with Crippen molar-refractivity contribution in [3.8, 4) is 0 Å². The largest absolute Gasteiger partial charge is 1.00 e. The van der Waals surface area contributed by atoms with Crippen molar-refractivity contribution in [2.24, 2.45) is 0 Å². The smallest absolute Gasteiger partial charge is 0.214 e. The van der Waals surface area contributed by atoms with Crippen LogP contribution in [0.1, 0.15) is 0 Å². The van der Waals surface area contributed by atoms with Crippen LogP contribution in [0.2, 0.25) is 0 Å². The van der Waals surface area contributed by atoms with E-state index in [-0.39, 0.29) is 39.0 Å². The monoisotopic (exact) mass is 446 g/mol. The Kier molecular flexibility index (Phi) is 117. The van der Waals surface area contributed by atoms with Crippen molar-refractivity contribution in [2.75, 3.05) is 0 Å². The topological polar surface area (TPSA) is 79.6 Å². The molecule has 0 saturated heterocycles. The van der Waals surface area contributed by atoms with Crippen LogP contribution in [0.3, 0.4) is 0 Å². The van der Waals surface area contributed by atoms with Gasteiger partial charge in [0.1, 0.15) is 0 Å². The van der Waals surface area contributed by atoms with Crippen LogP contribution >= 0.6 is 0 Å². The van der Waals surface area contributed by atoms with Crippen LogP contribution in [0.15, 0.2) is 60.7 Å². The molecule has 0 bridgehead atoms. The van der Waals surface area contributed by atoms with Gasteiger partial charge in [-0.05, 0) is 0 Å². The maximum atomic E-state index is 7.50. The fraction of sp³-hybridized carbons (Fsp3) is 0. The van der Waals surface area contributed by atoms with E-state index < -0.39 is 0 Å². The van der Waals surface area contributed by atoms with E-state index in [1.807, 2.05) is 60.7 Å². The van der Waals surface area contributed by atoms with Gasteiger partial charge in [0, 0.05) is 0 Å². The molecule has 0 atom stereocenters. The Hall–Kier alpha value is -1.09. The average Bonchev–Trinajstić information content (AvgIpc) is 3.25. The van der Waals surface area contributed by atoms with E-state index in [0.717, 1.165) is 0 Å². The van der Waals surface area contributed by atoms with Crippen LogP contribution in [0.5, 0.6) is 0 Å². The first-order valence-corrected chi connectivity index (χ1v) is 4.15. The quantitative estimate of drug-likeness (QED) is 0.340. The van der Waals surface area contributed by atoms with Crippen LogP contribution in [-0.2, 0) is 57.6 Å². The Morgan fingerprint density at radius 1 is 0.450 bits per heavy atom. The zero-order valence-electron chi connectivity index (χ0n) is 10.1. The molecule has 0 N–H and O–H groups in total. The summed E-state index contributed by atoms with van der Waals surface area (Å²) in [5.74, 6) is 0. The van der Waals surface area contributed by atoms with Crippen molar-refractivity contribution in [1.82, 2.24) is 0 Å². The molecule has 0 aliphatic heterocycles. The van der Waals surface area contributed by atoms with Crippen molar-refractivity contribution >= 4 is 0 Å². The van der Waals surface area contributed by atoms with Gasteiger partial charge < -0.3 is 0 Å². The SMILES string of the molecule is [C-]#[O+].[C-]#[O+].[C-]#[O+].[C-]#[O+].[Ru+].[Ru+].c1cc[cH-]c1.c1cc[cH-]c1. The van der Waals surface area contributed by atoms with Crippen LogP contribution < -0.4 is 0 Å². The molecular formula is C14H10O4Ru2. The molecule has 0 heterocycles. The van der Waals surface area contributed by atoms with Crippen LogP contribution in [0, 0.1) is 26.6 Å². The maximum absolute atomic E-state index is 7.50. The Labute approximate surface area is 144 Å². The van der Waals surface area contributed by atoms with Gasteiger partial charge in [-0.25, -0.2) is 24.3 Å². The summed E-state index contributed by atoms with van der Waals surface area (Å²) in [6, 6.07) is 20.0. The van der Waals surface area contributed by atoms with Crippen molar-refractivity contribution < 1.29 is 57.6 Å². The second-order valence-electron chi connectivity index (χ2n) is 1.92.